The van der Waals surface area contributed by atoms with Crippen LogP contribution < -0.4 is 15.9 Å². The average Bonchev–Trinajstić information content (AvgIpc) is 2.89. The normalized spacial score (nSPS) is 16.8. The maximum Gasteiger partial charge on any atom is 0.379 e. The molecule has 0 bridgehead atoms. The zero-order chi connectivity index (χ0) is 18.9. The molecule has 3 rings (SSSR count). The standard InChI is InChI=1S/C19H21N3O3S/c1-11-15-13(21-22-18(20)26)9-19(2,3)10-14(15)25-16(11)17(23)24-12-7-5-4-6-8-12/h4-8H,9-10H2,1-3H3,(H3,20,22,26)/b21-13-. The number of para-hydroxylation sites is 1. The number of rotatable bonds is 3. The zero-order valence-electron chi connectivity index (χ0n) is 15.0. The van der Waals surface area contributed by atoms with Crippen LogP contribution in [0.5, 0.6) is 5.75 Å². The molecular weight excluding hydrogens is 350 g/mol. The first-order valence-electron chi connectivity index (χ1n) is 8.29. The van der Waals surface area contributed by atoms with Gasteiger partial charge in [0.25, 0.3) is 0 Å². The van der Waals surface area contributed by atoms with Crippen LogP contribution >= 0.6 is 12.2 Å². The fourth-order valence-electron chi connectivity index (χ4n) is 3.17. The fraction of sp³-hybridized carbons (Fsp3) is 0.316. The van der Waals surface area contributed by atoms with Crippen molar-refractivity contribution in [3.8, 4) is 5.75 Å². The molecule has 0 unspecified atom stereocenters. The smallest absolute Gasteiger partial charge is 0.379 e. The number of carbonyl (C=O) groups is 1. The Labute approximate surface area is 157 Å². The molecule has 0 saturated carbocycles. The van der Waals surface area contributed by atoms with E-state index in [2.05, 4.69) is 24.4 Å². The van der Waals surface area contributed by atoms with Gasteiger partial charge in [0, 0.05) is 17.5 Å². The highest BCUT2D eigenvalue weighted by atomic mass is 32.1. The molecule has 7 heteroatoms. The highest BCUT2D eigenvalue weighted by Gasteiger charge is 2.36. The van der Waals surface area contributed by atoms with E-state index in [1.54, 1.807) is 24.3 Å². The first kappa shape index (κ1) is 18.1. The summed E-state index contributed by atoms with van der Waals surface area (Å²) in [7, 11) is 0. The highest BCUT2D eigenvalue weighted by molar-refractivity contribution is 7.80. The number of fused-ring (bicyclic) bond motifs is 1. The molecule has 0 fully saturated rings. The summed E-state index contributed by atoms with van der Waals surface area (Å²) in [5.41, 5.74) is 10.4. The van der Waals surface area contributed by atoms with E-state index >= 15 is 0 Å². The minimum atomic E-state index is -0.525. The molecule has 0 saturated heterocycles. The Morgan fingerprint density at radius 2 is 2.00 bits per heavy atom. The van der Waals surface area contributed by atoms with Crippen molar-refractivity contribution in [2.75, 3.05) is 0 Å². The Bertz CT molecular complexity index is 885. The largest absolute Gasteiger partial charge is 0.453 e. The molecule has 1 heterocycles. The molecule has 1 aromatic carbocycles. The Kier molecular flexibility index (Phi) is 4.82. The minimum absolute atomic E-state index is 0.0609. The molecule has 26 heavy (non-hydrogen) atoms. The van der Waals surface area contributed by atoms with Crippen LogP contribution in [-0.2, 0) is 6.42 Å². The predicted octanol–water partition coefficient (Wildman–Crippen LogP) is 3.32. The van der Waals surface area contributed by atoms with E-state index in [1.165, 1.54) is 0 Å². The van der Waals surface area contributed by atoms with E-state index in [4.69, 9.17) is 27.1 Å². The topological polar surface area (TPSA) is 89.8 Å². The van der Waals surface area contributed by atoms with Gasteiger partial charge in [-0.1, -0.05) is 32.0 Å². The molecule has 0 atom stereocenters. The molecular formula is C19H21N3O3S. The third-order valence-corrected chi connectivity index (χ3v) is 4.32. The van der Waals surface area contributed by atoms with Gasteiger partial charge in [-0.05, 0) is 43.1 Å². The first-order valence-corrected chi connectivity index (χ1v) is 8.69. The van der Waals surface area contributed by atoms with E-state index in [1.807, 2.05) is 13.0 Å². The first-order chi connectivity index (χ1) is 12.3. The molecule has 0 amide bonds. The Morgan fingerprint density at radius 3 is 2.65 bits per heavy atom. The van der Waals surface area contributed by atoms with Crippen LogP contribution in [-0.4, -0.2) is 16.8 Å². The molecule has 136 valence electrons. The van der Waals surface area contributed by atoms with Gasteiger partial charge in [-0.25, -0.2) is 4.79 Å². The lowest BCUT2D eigenvalue weighted by atomic mass is 9.75. The van der Waals surface area contributed by atoms with Crippen molar-refractivity contribution in [1.82, 2.24) is 5.43 Å². The Hall–Kier alpha value is -2.67. The highest BCUT2D eigenvalue weighted by Crippen LogP contribution is 2.39. The van der Waals surface area contributed by atoms with E-state index < -0.39 is 5.97 Å². The molecule has 0 radical (unpaired) electrons. The van der Waals surface area contributed by atoms with E-state index in [0.717, 1.165) is 17.0 Å². The van der Waals surface area contributed by atoms with E-state index in [9.17, 15) is 4.79 Å². The van der Waals surface area contributed by atoms with Crippen molar-refractivity contribution in [2.24, 2.45) is 16.3 Å². The van der Waals surface area contributed by atoms with Gasteiger partial charge in [0.15, 0.2) is 5.11 Å². The molecule has 0 spiro atoms. The molecule has 0 aliphatic heterocycles. The lowest BCUT2D eigenvalue weighted by molar-refractivity contribution is 0.0697. The number of thiocarbonyl (C=S) groups is 1. The lowest BCUT2D eigenvalue weighted by Crippen LogP contribution is -2.31. The Balaban J connectivity index is 1.97. The van der Waals surface area contributed by atoms with Gasteiger partial charge in [-0.2, -0.15) is 5.10 Å². The quantitative estimate of drug-likeness (QED) is 0.372. The average molecular weight is 371 g/mol. The number of furan rings is 1. The predicted molar refractivity (Wildman–Crippen MR) is 103 cm³/mol. The fourth-order valence-corrected chi connectivity index (χ4v) is 3.21. The van der Waals surface area contributed by atoms with Gasteiger partial charge < -0.3 is 14.9 Å². The van der Waals surface area contributed by atoms with Crippen molar-refractivity contribution in [1.29, 1.82) is 0 Å². The van der Waals surface area contributed by atoms with Gasteiger partial charge in [-0.3, -0.25) is 5.43 Å². The number of hydrogen-bond donors (Lipinski definition) is 2. The zero-order valence-corrected chi connectivity index (χ0v) is 15.8. The van der Waals surface area contributed by atoms with Gasteiger partial charge >= 0.3 is 5.97 Å². The molecule has 1 aliphatic rings. The minimum Gasteiger partial charge on any atom is -0.453 e. The second-order valence-electron chi connectivity index (χ2n) is 7.11. The maximum atomic E-state index is 12.6. The van der Waals surface area contributed by atoms with Gasteiger partial charge in [0.05, 0.1) is 5.71 Å². The van der Waals surface area contributed by atoms with Crippen LogP contribution in [0.25, 0.3) is 0 Å². The summed E-state index contributed by atoms with van der Waals surface area (Å²) in [5.74, 6) is 0.861. The van der Waals surface area contributed by atoms with Crippen LogP contribution in [0, 0.1) is 12.3 Å². The van der Waals surface area contributed by atoms with E-state index in [-0.39, 0.29) is 16.3 Å². The second kappa shape index (κ2) is 6.92. The number of carbonyl (C=O) groups excluding carboxylic acids is 1. The van der Waals surface area contributed by atoms with Crippen molar-refractivity contribution >= 4 is 29.0 Å². The van der Waals surface area contributed by atoms with Gasteiger partial charge in [0.1, 0.15) is 11.5 Å². The summed E-state index contributed by atoms with van der Waals surface area (Å²) in [6.45, 7) is 6.07. The number of nitrogens with two attached hydrogens (primary N) is 1. The molecule has 3 N–H and O–H groups in total. The SMILES string of the molecule is Cc1c(C(=O)Oc2ccccc2)oc2c1/C(=N\NC(N)=S)CC(C)(C)C2. The van der Waals surface area contributed by atoms with Crippen molar-refractivity contribution in [3.05, 3.63) is 53.0 Å². The lowest BCUT2D eigenvalue weighted by Gasteiger charge is -2.29. The van der Waals surface area contributed by atoms with E-state index in [0.29, 0.717) is 24.2 Å². The maximum absolute atomic E-state index is 12.6. The summed E-state index contributed by atoms with van der Waals surface area (Å²) in [4.78, 5) is 12.6. The van der Waals surface area contributed by atoms with Gasteiger partial charge in [0.2, 0.25) is 5.76 Å². The third kappa shape index (κ3) is 3.77. The van der Waals surface area contributed by atoms with Crippen LogP contribution in [0.2, 0.25) is 0 Å². The van der Waals surface area contributed by atoms with Crippen LogP contribution in [0.3, 0.4) is 0 Å². The summed E-state index contributed by atoms with van der Waals surface area (Å²) < 4.78 is 11.3. The monoisotopic (exact) mass is 371 g/mol. The molecule has 6 nitrogen and oxygen atoms in total. The number of nitrogens with one attached hydrogen (secondary N) is 1. The number of hydrogen-bond acceptors (Lipinski definition) is 5. The number of hydrazone groups is 1. The summed E-state index contributed by atoms with van der Waals surface area (Å²) in [6.07, 6.45) is 1.41. The third-order valence-electron chi connectivity index (χ3n) is 4.23. The number of esters is 1. The van der Waals surface area contributed by atoms with Crippen molar-refractivity contribution < 1.29 is 13.9 Å². The summed E-state index contributed by atoms with van der Waals surface area (Å²) in [5, 5.41) is 4.42. The molecule has 1 aliphatic carbocycles. The number of nitrogens with zero attached hydrogens (tertiary/aromatic N) is 1. The van der Waals surface area contributed by atoms with Crippen molar-refractivity contribution in [2.45, 2.75) is 33.6 Å². The van der Waals surface area contributed by atoms with Crippen LogP contribution in [0.4, 0.5) is 0 Å². The van der Waals surface area contributed by atoms with Crippen LogP contribution in [0.1, 0.15) is 47.7 Å². The van der Waals surface area contributed by atoms with Crippen LogP contribution in [0.15, 0.2) is 39.9 Å². The molecule has 2 aromatic rings. The Morgan fingerprint density at radius 1 is 1.31 bits per heavy atom. The summed E-state index contributed by atoms with van der Waals surface area (Å²) in [6, 6.07) is 8.90. The number of benzene rings is 1. The second-order valence-corrected chi connectivity index (χ2v) is 7.55. The summed E-state index contributed by atoms with van der Waals surface area (Å²) >= 11 is 4.83. The number of ether oxygens (including phenoxy) is 1. The van der Waals surface area contributed by atoms with Crippen molar-refractivity contribution in [3.63, 3.8) is 0 Å². The van der Waals surface area contributed by atoms with Gasteiger partial charge in [-0.15, -0.1) is 0 Å². The molecule has 1 aromatic heterocycles.